The van der Waals surface area contributed by atoms with E-state index in [9.17, 15) is 14.7 Å². The SMILES string of the molecule is CC1SCC(C(=O)O)N1C(=O)N1CCn2ccnc2C1. The van der Waals surface area contributed by atoms with Crippen LogP contribution in [-0.2, 0) is 17.9 Å². The number of rotatable bonds is 1. The van der Waals surface area contributed by atoms with E-state index in [1.165, 1.54) is 16.7 Å². The zero-order valence-corrected chi connectivity index (χ0v) is 11.9. The summed E-state index contributed by atoms with van der Waals surface area (Å²) in [6, 6.07) is -0.937. The van der Waals surface area contributed by atoms with E-state index in [-0.39, 0.29) is 11.4 Å². The Morgan fingerprint density at radius 1 is 1.45 bits per heavy atom. The number of nitrogens with zero attached hydrogens (tertiary/aromatic N) is 4. The van der Waals surface area contributed by atoms with Gasteiger partial charge in [-0.15, -0.1) is 11.8 Å². The molecule has 108 valence electrons. The maximum Gasteiger partial charge on any atom is 0.327 e. The molecular formula is C12H16N4O3S. The molecule has 1 aromatic heterocycles. The summed E-state index contributed by atoms with van der Waals surface area (Å²) in [6.07, 6.45) is 3.61. The van der Waals surface area contributed by atoms with Crippen molar-refractivity contribution in [2.24, 2.45) is 0 Å². The van der Waals surface area contributed by atoms with Gasteiger partial charge in [0.05, 0.1) is 11.9 Å². The summed E-state index contributed by atoms with van der Waals surface area (Å²) in [6.45, 7) is 3.60. The van der Waals surface area contributed by atoms with Crippen LogP contribution in [0.3, 0.4) is 0 Å². The number of imidazole rings is 1. The van der Waals surface area contributed by atoms with Gasteiger partial charge in [-0.25, -0.2) is 14.6 Å². The average molecular weight is 296 g/mol. The third-order valence-corrected chi connectivity index (χ3v) is 4.96. The Morgan fingerprint density at radius 2 is 2.25 bits per heavy atom. The van der Waals surface area contributed by atoms with Gasteiger partial charge in [-0.05, 0) is 6.92 Å². The molecule has 2 amide bonds. The molecule has 2 atom stereocenters. The van der Waals surface area contributed by atoms with Crippen LogP contribution < -0.4 is 0 Å². The minimum atomic E-state index is -0.936. The van der Waals surface area contributed by atoms with Crippen LogP contribution in [0.5, 0.6) is 0 Å². The number of hydrogen-bond donors (Lipinski definition) is 1. The van der Waals surface area contributed by atoms with Crippen molar-refractivity contribution in [3.63, 3.8) is 0 Å². The molecule has 7 nitrogen and oxygen atoms in total. The van der Waals surface area contributed by atoms with Gasteiger partial charge in [-0.3, -0.25) is 4.90 Å². The molecule has 1 aromatic rings. The number of aromatic nitrogens is 2. The molecule has 8 heteroatoms. The first-order valence-corrected chi connectivity index (χ1v) is 7.54. The van der Waals surface area contributed by atoms with Gasteiger partial charge in [0, 0.05) is 31.2 Å². The Hall–Kier alpha value is -1.70. The quantitative estimate of drug-likeness (QED) is 0.824. The smallest absolute Gasteiger partial charge is 0.327 e. The van der Waals surface area contributed by atoms with Crippen LogP contribution in [0.2, 0.25) is 0 Å². The Bertz CT molecular complexity index is 547. The summed E-state index contributed by atoms with van der Waals surface area (Å²) in [5, 5.41) is 9.12. The molecule has 3 rings (SSSR count). The number of carbonyl (C=O) groups is 2. The highest BCUT2D eigenvalue weighted by Crippen LogP contribution is 2.30. The first kappa shape index (κ1) is 13.3. The third kappa shape index (κ3) is 2.13. The summed E-state index contributed by atoms with van der Waals surface area (Å²) in [4.78, 5) is 31.2. The van der Waals surface area contributed by atoms with Gasteiger partial charge in [0.1, 0.15) is 11.9 Å². The average Bonchev–Trinajstić information content (AvgIpc) is 3.03. The molecular weight excluding hydrogens is 280 g/mol. The van der Waals surface area contributed by atoms with Crippen molar-refractivity contribution in [2.45, 2.75) is 31.4 Å². The van der Waals surface area contributed by atoms with Crippen molar-refractivity contribution in [3.05, 3.63) is 18.2 Å². The lowest BCUT2D eigenvalue weighted by atomic mass is 10.3. The lowest BCUT2D eigenvalue weighted by Gasteiger charge is -2.34. The Kier molecular flexibility index (Phi) is 3.33. The molecule has 1 N–H and O–H groups in total. The molecule has 0 spiro atoms. The third-order valence-electron chi connectivity index (χ3n) is 3.74. The highest BCUT2D eigenvalue weighted by Gasteiger charge is 2.41. The van der Waals surface area contributed by atoms with Crippen LogP contribution in [0, 0.1) is 0 Å². The van der Waals surface area contributed by atoms with Gasteiger partial charge in [-0.1, -0.05) is 0 Å². The monoisotopic (exact) mass is 296 g/mol. The van der Waals surface area contributed by atoms with Gasteiger partial charge in [0.25, 0.3) is 0 Å². The molecule has 3 heterocycles. The molecule has 0 bridgehead atoms. The Morgan fingerprint density at radius 3 is 3.00 bits per heavy atom. The summed E-state index contributed by atoms with van der Waals surface area (Å²) in [7, 11) is 0. The van der Waals surface area contributed by atoms with E-state index >= 15 is 0 Å². The van der Waals surface area contributed by atoms with Crippen LogP contribution in [0.4, 0.5) is 4.79 Å². The summed E-state index contributed by atoms with van der Waals surface area (Å²) < 4.78 is 2.01. The van der Waals surface area contributed by atoms with Crippen molar-refractivity contribution < 1.29 is 14.7 Å². The zero-order valence-electron chi connectivity index (χ0n) is 11.1. The number of carboxylic acid groups (broad SMARTS) is 1. The number of urea groups is 1. The fourth-order valence-corrected chi connectivity index (χ4v) is 3.79. The summed E-state index contributed by atoms with van der Waals surface area (Å²) in [5.41, 5.74) is 0. The zero-order chi connectivity index (χ0) is 14.3. The lowest BCUT2D eigenvalue weighted by molar-refractivity contribution is -0.141. The first-order valence-electron chi connectivity index (χ1n) is 6.49. The van der Waals surface area contributed by atoms with Crippen molar-refractivity contribution >= 4 is 23.8 Å². The van der Waals surface area contributed by atoms with Gasteiger partial charge in [-0.2, -0.15) is 0 Å². The number of thioether (sulfide) groups is 1. The topological polar surface area (TPSA) is 78.7 Å². The van der Waals surface area contributed by atoms with E-state index in [1.807, 2.05) is 17.7 Å². The lowest BCUT2D eigenvalue weighted by Crippen LogP contribution is -2.52. The van der Waals surface area contributed by atoms with Crippen LogP contribution >= 0.6 is 11.8 Å². The maximum atomic E-state index is 12.6. The summed E-state index contributed by atoms with van der Waals surface area (Å²) >= 11 is 1.50. The van der Waals surface area contributed by atoms with E-state index in [0.29, 0.717) is 25.4 Å². The van der Waals surface area contributed by atoms with Crippen molar-refractivity contribution in [3.8, 4) is 0 Å². The predicted octanol–water partition coefficient (Wildman–Crippen LogP) is 0.667. The second-order valence-electron chi connectivity index (χ2n) is 4.93. The van der Waals surface area contributed by atoms with Crippen molar-refractivity contribution in [1.82, 2.24) is 19.4 Å². The number of carbonyl (C=O) groups excluding carboxylic acids is 1. The number of carboxylic acids is 1. The molecule has 0 aromatic carbocycles. The van der Waals surface area contributed by atoms with E-state index < -0.39 is 12.0 Å². The molecule has 2 aliphatic heterocycles. The number of amides is 2. The highest BCUT2D eigenvalue weighted by molar-refractivity contribution is 8.00. The molecule has 1 fully saturated rings. The standard InChI is InChI=1S/C12H16N4O3S/c1-8-16(9(7-20-8)11(17)18)12(19)15-5-4-14-3-2-13-10(14)6-15/h2-3,8-9H,4-7H2,1H3,(H,17,18). The van der Waals surface area contributed by atoms with Crippen LogP contribution in [0.15, 0.2) is 12.4 Å². The Labute approximate surface area is 120 Å². The Balaban J connectivity index is 1.77. The molecule has 2 unspecified atom stereocenters. The fourth-order valence-electron chi connectivity index (χ4n) is 2.62. The van der Waals surface area contributed by atoms with Gasteiger partial charge in [0.15, 0.2) is 0 Å². The minimum Gasteiger partial charge on any atom is -0.480 e. The van der Waals surface area contributed by atoms with Crippen molar-refractivity contribution in [1.29, 1.82) is 0 Å². The first-order chi connectivity index (χ1) is 9.58. The minimum absolute atomic E-state index is 0.106. The van der Waals surface area contributed by atoms with E-state index in [4.69, 9.17) is 0 Å². The van der Waals surface area contributed by atoms with Crippen LogP contribution in [0.1, 0.15) is 12.7 Å². The normalized spacial score (nSPS) is 25.6. The second-order valence-corrected chi connectivity index (χ2v) is 6.28. The van der Waals surface area contributed by atoms with Crippen molar-refractivity contribution in [2.75, 3.05) is 12.3 Å². The molecule has 2 aliphatic rings. The summed E-state index contributed by atoms with van der Waals surface area (Å²) in [5.74, 6) is 0.356. The maximum absolute atomic E-state index is 12.6. The molecule has 0 saturated carbocycles. The second kappa shape index (κ2) is 5.01. The predicted molar refractivity (Wildman–Crippen MR) is 73.2 cm³/mol. The number of hydrogen-bond acceptors (Lipinski definition) is 4. The largest absolute Gasteiger partial charge is 0.480 e. The van der Waals surface area contributed by atoms with Gasteiger partial charge < -0.3 is 14.6 Å². The van der Waals surface area contributed by atoms with Crippen LogP contribution in [-0.4, -0.2) is 60.2 Å². The van der Waals surface area contributed by atoms with Gasteiger partial charge >= 0.3 is 12.0 Å². The fraction of sp³-hybridized carbons (Fsp3) is 0.583. The molecule has 0 aliphatic carbocycles. The highest BCUT2D eigenvalue weighted by atomic mass is 32.2. The molecule has 1 saturated heterocycles. The number of fused-ring (bicyclic) bond motifs is 1. The van der Waals surface area contributed by atoms with E-state index in [0.717, 1.165) is 5.82 Å². The van der Waals surface area contributed by atoms with E-state index in [2.05, 4.69) is 4.98 Å². The molecule has 20 heavy (non-hydrogen) atoms. The van der Waals surface area contributed by atoms with Gasteiger partial charge in [0.2, 0.25) is 0 Å². The van der Waals surface area contributed by atoms with E-state index in [1.54, 1.807) is 11.1 Å². The van der Waals surface area contributed by atoms with Crippen LogP contribution in [0.25, 0.3) is 0 Å². The molecule has 0 radical (unpaired) electrons. The number of aliphatic carboxylic acids is 1.